The molecule has 0 aromatic heterocycles. The lowest BCUT2D eigenvalue weighted by molar-refractivity contribution is -0.162. The van der Waals surface area contributed by atoms with E-state index in [9.17, 15) is 9.59 Å². The Balaban J connectivity index is 1.84. The molecule has 2 aliphatic heterocycles. The van der Waals surface area contributed by atoms with E-state index >= 15 is 0 Å². The van der Waals surface area contributed by atoms with Gasteiger partial charge in [0.05, 0.1) is 0 Å². The maximum absolute atomic E-state index is 12.8. The SMILES string of the molecule is CC1C(=O)N2CCCC2C(=O)N1C1CCCC(C)(C)C1. The summed E-state index contributed by atoms with van der Waals surface area (Å²) < 4.78 is 0. The Morgan fingerprint density at radius 3 is 2.55 bits per heavy atom. The van der Waals surface area contributed by atoms with E-state index in [0.717, 1.165) is 38.6 Å². The third-order valence-corrected chi connectivity index (χ3v) is 5.42. The molecular weight excluding hydrogens is 252 g/mol. The molecule has 3 atom stereocenters. The number of fused-ring (bicyclic) bond motifs is 1. The monoisotopic (exact) mass is 278 g/mol. The lowest BCUT2D eigenvalue weighted by Gasteiger charge is -2.48. The summed E-state index contributed by atoms with van der Waals surface area (Å²) in [5, 5.41) is 0. The predicted octanol–water partition coefficient (Wildman–Crippen LogP) is 2.18. The minimum absolute atomic E-state index is 0.162. The fourth-order valence-electron chi connectivity index (χ4n) is 4.40. The van der Waals surface area contributed by atoms with Crippen LogP contribution in [0.3, 0.4) is 0 Å². The summed E-state index contributed by atoms with van der Waals surface area (Å²) in [5.41, 5.74) is 0.290. The van der Waals surface area contributed by atoms with Crippen LogP contribution in [0.2, 0.25) is 0 Å². The molecule has 0 spiro atoms. The summed E-state index contributed by atoms with van der Waals surface area (Å²) in [7, 11) is 0. The molecule has 3 unspecified atom stereocenters. The predicted molar refractivity (Wildman–Crippen MR) is 77.1 cm³/mol. The number of carbonyl (C=O) groups is 2. The molecule has 0 aromatic carbocycles. The summed E-state index contributed by atoms with van der Waals surface area (Å²) in [5.74, 6) is 0.368. The molecule has 0 N–H and O–H groups in total. The lowest BCUT2D eigenvalue weighted by atomic mass is 9.74. The summed E-state index contributed by atoms with van der Waals surface area (Å²) in [6, 6.07) is -0.174. The van der Waals surface area contributed by atoms with Gasteiger partial charge < -0.3 is 9.80 Å². The standard InChI is InChI=1S/C16H26N2O2/c1-11-14(19)17-9-5-7-13(17)15(20)18(11)12-6-4-8-16(2,3)10-12/h11-13H,4-10H2,1-3H3. The lowest BCUT2D eigenvalue weighted by Crippen LogP contribution is -2.65. The van der Waals surface area contributed by atoms with Gasteiger partial charge in [-0.15, -0.1) is 0 Å². The van der Waals surface area contributed by atoms with Gasteiger partial charge in [-0.1, -0.05) is 20.3 Å². The van der Waals surface area contributed by atoms with E-state index in [1.807, 2.05) is 16.7 Å². The molecule has 0 bridgehead atoms. The van der Waals surface area contributed by atoms with Crippen molar-refractivity contribution >= 4 is 11.8 Å². The summed E-state index contributed by atoms with van der Waals surface area (Å²) >= 11 is 0. The van der Waals surface area contributed by atoms with Gasteiger partial charge in [0.25, 0.3) is 0 Å². The molecule has 2 amide bonds. The molecule has 20 heavy (non-hydrogen) atoms. The van der Waals surface area contributed by atoms with Crippen LogP contribution in [0, 0.1) is 5.41 Å². The topological polar surface area (TPSA) is 40.6 Å². The van der Waals surface area contributed by atoms with E-state index in [0.29, 0.717) is 5.41 Å². The van der Waals surface area contributed by atoms with Gasteiger partial charge in [-0.25, -0.2) is 0 Å². The molecule has 3 rings (SSSR count). The highest BCUT2D eigenvalue weighted by Crippen LogP contribution is 2.40. The van der Waals surface area contributed by atoms with Crippen LogP contribution >= 0.6 is 0 Å². The van der Waals surface area contributed by atoms with Crippen LogP contribution in [-0.2, 0) is 9.59 Å². The van der Waals surface area contributed by atoms with Crippen LogP contribution in [0.25, 0.3) is 0 Å². The highest BCUT2D eigenvalue weighted by Gasteiger charge is 2.49. The maximum atomic E-state index is 12.8. The fourth-order valence-corrected chi connectivity index (χ4v) is 4.40. The van der Waals surface area contributed by atoms with Gasteiger partial charge in [0.2, 0.25) is 11.8 Å². The van der Waals surface area contributed by atoms with E-state index < -0.39 is 0 Å². The highest BCUT2D eigenvalue weighted by molar-refractivity contribution is 5.97. The first-order chi connectivity index (χ1) is 9.41. The van der Waals surface area contributed by atoms with Crippen LogP contribution in [0.4, 0.5) is 0 Å². The molecular formula is C16H26N2O2. The number of nitrogens with zero attached hydrogens (tertiary/aromatic N) is 2. The normalized spacial score (nSPS) is 37.2. The molecule has 4 heteroatoms. The van der Waals surface area contributed by atoms with E-state index in [1.54, 1.807) is 0 Å². The van der Waals surface area contributed by atoms with Crippen LogP contribution in [0.5, 0.6) is 0 Å². The van der Waals surface area contributed by atoms with Crippen LogP contribution in [0.1, 0.15) is 59.3 Å². The average molecular weight is 278 g/mol. The number of amides is 2. The molecule has 3 fully saturated rings. The van der Waals surface area contributed by atoms with Crippen molar-refractivity contribution in [2.45, 2.75) is 77.4 Å². The Kier molecular flexibility index (Phi) is 3.30. The largest absolute Gasteiger partial charge is 0.329 e. The Morgan fingerprint density at radius 1 is 1.10 bits per heavy atom. The van der Waals surface area contributed by atoms with Gasteiger partial charge in [0.1, 0.15) is 12.1 Å². The number of hydrogen-bond acceptors (Lipinski definition) is 2. The number of piperazine rings is 1. The van der Waals surface area contributed by atoms with Gasteiger partial charge in [0.15, 0.2) is 0 Å². The van der Waals surface area contributed by atoms with Crippen LogP contribution < -0.4 is 0 Å². The van der Waals surface area contributed by atoms with Crippen molar-refractivity contribution in [3.63, 3.8) is 0 Å². The first-order valence-electron chi connectivity index (χ1n) is 8.03. The zero-order valence-electron chi connectivity index (χ0n) is 12.9. The second-order valence-electron chi connectivity index (χ2n) is 7.53. The van der Waals surface area contributed by atoms with Gasteiger partial charge >= 0.3 is 0 Å². The smallest absolute Gasteiger partial charge is 0.246 e. The Bertz CT molecular complexity index is 432. The van der Waals surface area contributed by atoms with E-state index in [1.165, 1.54) is 6.42 Å². The molecule has 1 aliphatic carbocycles. The Labute approximate surface area is 121 Å². The minimum atomic E-state index is -0.268. The fraction of sp³-hybridized carbons (Fsp3) is 0.875. The van der Waals surface area contributed by atoms with Gasteiger partial charge in [-0.3, -0.25) is 9.59 Å². The first-order valence-corrected chi connectivity index (χ1v) is 8.03. The summed E-state index contributed by atoms with van der Waals surface area (Å²) in [6.07, 6.45) is 6.30. The second-order valence-corrected chi connectivity index (χ2v) is 7.53. The Morgan fingerprint density at radius 2 is 1.85 bits per heavy atom. The van der Waals surface area contributed by atoms with Crippen molar-refractivity contribution < 1.29 is 9.59 Å². The number of carbonyl (C=O) groups excluding carboxylic acids is 2. The Hall–Kier alpha value is -1.06. The molecule has 2 heterocycles. The zero-order valence-corrected chi connectivity index (χ0v) is 12.9. The number of hydrogen-bond donors (Lipinski definition) is 0. The van der Waals surface area contributed by atoms with E-state index in [-0.39, 0.29) is 29.9 Å². The van der Waals surface area contributed by atoms with Crippen molar-refractivity contribution in [1.29, 1.82) is 0 Å². The van der Waals surface area contributed by atoms with Crippen molar-refractivity contribution in [3.8, 4) is 0 Å². The van der Waals surface area contributed by atoms with Crippen molar-refractivity contribution in [3.05, 3.63) is 0 Å². The summed E-state index contributed by atoms with van der Waals surface area (Å²) in [6.45, 7) is 7.24. The van der Waals surface area contributed by atoms with E-state index in [4.69, 9.17) is 0 Å². The first kappa shape index (κ1) is 13.9. The second kappa shape index (κ2) is 4.74. The molecule has 3 aliphatic rings. The molecule has 0 aromatic rings. The highest BCUT2D eigenvalue weighted by atomic mass is 16.2. The van der Waals surface area contributed by atoms with Crippen LogP contribution in [0.15, 0.2) is 0 Å². The molecule has 112 valence electrons. The minimum Gasteiger partial charge on any atom is -0.329 e. The van der Waals surface area contributed by atoms with Crippen molar-refractivity contribution in [1.82, 2.24) is 9.80 Å². The molecule has 1 saturated carbocycles. The maximum Gasteiger partial charge on any atom is 0.246 e. The molecule has 4 nitrogen and oxygen atoms in total. The molecule has 0 radical (unpaired) electrons. The third-order valence-electron chi connectivity index (χ3n) is 5.42. The van der Waals surface area contributed by atoms with Crippen LogP contribution in [-0.4, -0.2) is 46.3 Å². The van der Waals surface area contributed by atoms with E-state index in [2.05, 4.69) is 13.8 Å². The van der Waals surface area contributed by atoms with Gasteiger partial charge in [-0.2, -0.15) is 0 Å². The van der Waals surface area contributed by atoms with Gasteiger partial charge in [0, 0.05) is 12.6 Å². The molecule has 2 saturated heterocycles. The zero-order chi connectivity index (χ0) is 14.5. The quantitative estimate of drug-likeness (QED) is 0.737. The van der Waals surface area contributed by atoms with Crippen molar-refractivity contribution in [2.24, 2.45) is 5.41 Å². The average Bonchev–Trinajstić information content (AvgIpc) is 2.85. The summed E-state index contributed by atoms with van der Waals surface area (Å²) in [4.78, 5) is 29.1. The van der Waals surface area contributed by atoms with Crippen molar-refractivity contribution in [2.75, 3.05) is 6.54 Å². The van der Waals surface area contributed by atoms with Gasteiger partial charge in [-0.05, 0) is 44.4 Å². The third kappa shape index (κ3) is 2.13. The number of rotatable bonds is 1.